The zero-order valence-corrected chi connectivity index (χ0v) is 24.9. The SMILES string of the molecule is CCOc1cc(/C=C2\SC(=Nc3ccccc3)N([C@H]3CCCC[C@H]3C)C2=O)cc(Cl)c1OCc1ccc(Cl)cc1. The first kappa shape index (κ1) is 28.6. The van der Waals surface area contributed by atoms with Gasteiger partial charge in [-0.3, -0.25) is 9.69 Å². The summed E-state index contributed by atoms with van der Waals surface area (Å²) in [7, 11) is 0. The van der Waals surface area contributed by atoms with Gasteiger partial charge < -0.3 is 9.47 Å². The molecule has 208 valence electrons. The van der Waals surface area contributed by atoms with Crippen LogP contribution in [0.25, 0.3) is 6.08 Å². The highest BCUT2D eigenvalue weighted by molar-refractivity contribution is 8.18. The minimum atomic E-state index is -0.0180. The maximum atomic E-state index is 13.9. The number of halogens is 2. The van der Waals surface area contributed by atoms with Gasteiger partial charge in [-0.05, 0) is 91.0 Å². The van der Waals surface area contributed by atoms with Gasteiger partial charge in [0, 0.05) is 11.1 Å². The summed E-state index contributed by atoms with van der Waals surface area (Å²) in [6.45, 7) is 4.91. The Morgan fingerprint density at radius 3 is 2.50 bits per heavy atom. The molecule has 2 fully saturated rings. The molecule has 5 nitrogen and oxygen atoms in total. The number of amides is 1. The van der Waals surface area contributed by atoms with E-state index in [0.29, 0.717) is 45.6 Å². The molecule has 1 heterocycles. The number of aliphatic imine (C=N–C) groups is 1. The third kappa shape index (κ3) is 6.68. The van der Waals surface area contributed by atoms with Gasteiger partial charge in [0.15, 0.2) is 16.7 Å². The van der Waals surface area contributed by atoms with Crippen LogP contribution in [0.5, 0.6) is 11.5 Å². The molecule has 3 aromatic carbocycles. The van der Waals surface area contributed by atoms with Crippen LogP contribution < -0.4 is 9.47 Å². The first-order chi connectivity index (χ1) is 19.4. The van der Waals surface area contributed by atoms with E-state index >= 15 is 0 Å². The molecule has 1 saturated carbocycles. The standard InChI is InChI=1S/C32H32Cl2N2O3S/c1-3-38-28-18-23(17-26(34)30(28)39-20-22-13-15-24(33)16-14-22)19-29-31(37)36(27-12-8-7-9-21(27)2)32(40-29)35-25-10-5-4-6-11-25/h4-6,10-11,13-19,21,27H,3,7-9,12,20H2,1-2H3/b29-19-,35-32?/t21-,27+/m1/s1. The van der Waals surface area contributed by atoms with Gasteiger partial charge in [-0.15, -0.1) is 0 Å². The van der Waals surface area contributed by atoms with Crippen LogP contribution in [-0.2, 0) is 11.4 Å². The molecule has 0 bridgehead atoms. The number of hydrogen-bond donors (Lipinski definition) is 0. The van der Waals surface area contributed by atoms with E-state index in [9.17, 15) is 4.79 Å². The second-order valence-electron chi connectivity index (χ2n) is 10.0. The number of nitrogens with zero attached hydrogens (tertiary/aromatic N) is 2. The van der Waals surface area contributed by atoms with Crippen molar-refractivity contribution in [2.24, 2.45) is 10.9 Å². The van der Waals surface area contributed by atoms with Gasteiger partial charge in [-0.1, -0.05) is 73.3 Å². The summed E-state index contributed by atoms with van der Waals surface area (Å²) < 4.78 is 12.0. The van der Waals surface area contributed by atoms with Gasteiger partial charge in [0.2, 0.25) is 0 Å². The summed E-state index contributed by atoms with van der Waals surface area (Å²) in [6, 6.07) is 21.1. The van der Waals surface area contributed by atoms with E-state index in [1.807, 2.05) is 84.6 Å². The maximum Gasteiger partial charge on any atom is 0.267 e. The predicted molar refractivity (Wildman–Crippen MR) is 166 cm³/mol. The predicted octanol–water partition coefficient (Wildman–Crippen LogP) is 9.15. The van der Waals surface area contributed by atoms with E-state index in [1.165, 1.54) is 18.2 Å². The third-order valence-electron chi connectivity index (χ3n) is 7.14. The van der Waals surface area contributed by atoms with Gasteiger partial charge in [0.05, 0.1) is 22.2 Å². The summed E-state index contributed by atoms with van der Waals surface area (Å²) in [5.41, 5.74) is 2.56. The lowest BCUT2D eigenvalue weighted by atomic mass is 9.85. The smallest absolute Gasteiger partial charge is 0.267 e. The fraction of sp³-hybridized carbons (Fsp3) is 0.312. The molecule has 3 aromatic rings. The van der Waals surface area contributed by atoms with Crippen LogP contribution in [0.4, 0.5) is 5.69 Å². The Labute approximate surface area is 250 Å². The highest BCUT2D eigenvalue weighted by Gasteiger charge is 2.41. The molecular weight excluding hydrogens is 563 g/mol. The van der Waals surface area contributed by atoms with Crippen LogP contribution in [0.1, 0.15) is 50.7 Å². The molecular formula is C32H32Cl2N2O3S. The van der Waals surface area contributed by atoms with Crippen molar-refractivity contribution < 1.29 is 14.3 Å². The molecule has 2 aliphatic rings. The highest BCUT2D eigenvalue weighted by Crippen LogP contribution is 2.42. The lowest BCUT2D eigenvalue weighted by molar-refractivity contribution is -0.124. The fourth-order valence-corrected chi connectivity index (χ4v) is 6.56. The molecule has 8 heteroatoms. The fourth-order valence-electron chi connectivity index (χ4n) is 5.11. The number of para-hydroxylation sites is 1. The van der Waals surface area contributed by atoms with Crippen LogP contribution >= 0.6 is 35.0 Å². The Morgan fingerprint density at radius 1 is 1.02 bits per heavy atom. The monoisotopic (exact) mass is 594 g/mol. The number of hydrogen-bond acceptors (Lipinski definition) is 5. The topological polar surface area (TPSA) is 51.1 Å². The molecule has 40 heavy (non-hydrogen) atoms. The number of thioether (sulfide) groups is 1. The molecule has 0 aromatic heterocycles. The van der Waals surface area contributed by atoms with E-state index in [2.05, 4.69) is 6.92 Å². The van der Waals surface area contributed by atoms with Crippen molar-refractivity contribution in [3.8, 4) is 11.5 Å². The van der Waals surface area contributed by atoms with Crippen molar-refractivity contribution in [3.05, 3.63) is 92.8 Å². The number of benzene rings is 3. The number of carbonyl (C=O) groups is 1. The van der Waals surface area contributed by atoms with Crippen molar-refractivity contribution in [2.75, 3.05) is 6.61 Å². The zero-order chi connectivity index (χ0) is 28.1. The minimum absolute atomic E-state index is 0.0180. The van der Waals surface area contributed by atoms with Gasteiger partial charge >= 0.3 is 0 Å². The third-order valence-corrected chi connectivity index (χ3v) is 8.66. The average Bonchev–Trinajstić information content (AvgIpc) is 3.24. The largest absolute Gasteiger partial charge is 0.490 e. The number of amidine groups is 1. The molecule has 0 radical (unpaired) electrons. The van der Waals surface area contributed by atoms with E-state index in [-0.39, 0.29) is 11.9 Å². The van der Waals surface area contributed by atoms with Crippen molar-refractivity contribution in [1.29, 1.82) is 0 Å². The number of ether oxygens (including phenoxy) is 2. The van der Waals surface area contributed by atoms with Crippen LogP contribution in [0.2, 0.25) is 10.0 Å². The molecule has 5 rings (SSSR count). The van der Waals surface area contributed by atoms with E-state index in [4.69, 9.17) is 37.7 Å². The number of carbonyl (C=O) groups excluding carboxylic acids is 1. The Bertz CT molecular complexity index is 1410. The van der Waals surface area contributed by atoms with E-state index in [0.717, 1.165) is 41.2 Å². The van der Waals surface area contributed by atoms with E-state index < -0.39 is 0 Å². The molecule has 0 unspecified atom stereocenters. The molecule has 1 amide bonds. The Balaban J connectivity index is 1.45. The first-order valence-corrected chi connectivity index (χ1v) is 15.2. The molecule has 0 N–H and O–H groups in total. The highest BCUT2D eigenvalue weighted by atomic mass is 35.5. The molecule has 1 aliphatic heterocycles. The van der Waals surface area contributed by atoms with Crippen molar-refractivity contribution in [2.45, 2.75) is 52.2 Å². The second kappa shape index (κ2) is 13.2. The van der Waals surface area contributed by atoms with Gasteiger partial charge in [0.25, 0.3) is 5.91 Å². The molecule has 1 aliphatic carbocycles. The summed E-state index contributed by atoms with van der Waals surface area (Å²) in [4.78, 5) is 21.3. The minimum Gasteiger partial charge on any atom is -0.490 e. The lowest BCUT2D eigenvalue weighted by Gasteiger charge is -2.35. The van der Waals surface area contributed by atoms with Crippen LogP contribution in [0, 0.1) is 5.92 Å². The normalized spacial score (nSPS) is 21.3. The average molecular weight is 596 g/mol. The van der Waals surface area contributed by atoms with Gasteiger partial charge in [0.1, 0.15) is 6.61 Å². The van der Waals surface area contributed by atoms with Crippen LogP contribution in [0.3, 0.4) is 0 Å². The zero-order valence-electron chi connectivity index (χ0n) is 22.6. The van der Waals surface area contributed by atoms with Crippen molar-refractivity contribution in [1.82, 2.24) is 4.90 Å². The second-order valence-corrected chi connectivity index (χ2v) is 11.9. The van der Waals surface area contributed by atoms with Gasteiger partial charge in [-0.2, -0.15) is 0 Å². The summed E-state index contributed by atoms with van der Waals surface area (Å²) in [6.07, 6.45) is 6.28. The molecule has 0 spiro atoms. The quantitative estimate of drug-likeness (QED) is 0.244. The maximum absolute atomic E-state index is 13.9. The Hall–Kier alpha value is -2.93. The van der Waals surface area contributed by atoms with E-state index in [1.54, 1.807) is 0 Å². The number of rotatable bonds is 8. The van der Waals surface area contributed by atoms with Crippen LogP contribution in [-0.4, -0.2) is 28.6 Å². The van der Waals surface area contributed by atoms with Gasteiger partial charge in [-0.25, -0.2) is 4.99 Å². The first-order valence-electron chi connectivity index (χ1n) is 13.6. The Morgan fingerprint density at radius 2 is 1.77 bits per heavy atom. The molecule has 1 saturated heterocycles. The van der Waals surface area contributed by atoms with Crippen molar-refractivity contribution in [3.63, 3.8) is 0 Å². The summed E-state index contributed by atoms with van der Waals surface area (Å²) >= 11 is 14.1. The van der Waals surface area contributed by atoms with Crippen molar-refractivity contribution >= 4 is 57.8 Å². The summed E-state index contributed by atoms with van der Waals surface area (Å²) in [5.74, 6) is 1.39. The molecule has 2 atom stereocenters. The lowest BCUT2D eigenvalue weighted by Crippen LogP contribution is -2.44. The van der Waals surface area contributed by atoms with Crippen LogP contribution in [0.15, 0.2) is 76.6 Å². The Kier molecular flexibility index (Phi) is 9.40. The summed E-state index contributed by atoms with van der Waals surface area (Å²) in [5, 5.41) is 1.81.